The predicted molar refractivity (Wildman–Crippen MR) is 97.5 cm³/mol. The minimum Gasteiger partial charge on any atom is -0.481 e. The van der Waals surface area contributed by atoms with Crippen LogP contribution in [0.25, 0.3) is 0 Å². The van der Waals surface area contributed by atoms with Gasteiger partial charge in [0, 0.05) is 24.7 Å². The summed E-state index contributed by atoms with van der Waals surface area (Å²) in [5.41, 5.74) is 1.89. The number of rotatable bonds is 4. The van der Waals surface area contributed by atoms with Gasteiger partial charge in [-0.3, -0.25) is 9.69 Å². The molecule has 0 bridgehead atoms. The van der Waals surface area contributed by atoms with Crippen LogP contribution >= 0.6 is 0 Å². The van der Waals surface area contributed by atoms with Gasteiger partial charge in [0.2, 0.25) is 5.88 Å². The van der Waals surface area contributed by atoms with Gasteiger partial charge in [0.15, 0.2) is 0 Å². The maximum absolute atomic E-state index is 12.7. The zero-order valence-electron chi connectivity index (χ0n) is 16.1. The van der Waals surface area contributed by atoms with Gasteiger partial charge < -0.3 is 19.7 Å². The van der Waals surface area contributed by atoms with E-state index in [-0.39, 0.29) is 18.0 Å². The third-order valence-corrected chi connectivity index (χ3v) is 5.65. The maximum atomic E-state index is 12.7. The van der Waals surface area contributed by atoms with Crippen molar-refractivity contribution >= 4 is 12.0 Å². The van der Waals surface area contributed by atoms with Gasteiger partial charge in [-0.15, -0.1) is 0 Å². The van der Waals surface area contributed by atoms with E-state index < -0.39 is 5.60 Å². The van der Waals surface area contributed by atoms with Crippen LogP contribution in [0.15, 0.2) is 6.07 Å². The number of piperidine rings is 1. The largest absolute Gasteiger partial charge is 0.481 e. The molecule has 8 nitrogen and oxygen atoms in total. The lowest BCUT2D eigenvalue weighted by molar-refractivity contribution is -0.0113. The van der Waals surface area contributed by atoms with Crippen molar-refractivity contribution in [1.82, 2.24) is 20.1 Å². The van der Waals surface area contributed by atoms with E-state index in [1.54, 1.807) is 7.11 Å². The Labute approximate surface area is 158 Å². The Balaban J connectivity index is 1.56. The molecule has 2 amide bonds. The summed E-state index contributed by atoms with van der Waals surface area (Å²) in [5, 5.41) is 2.77. The van der Waals surface area contributed by atoms with Crippen LogP contribution in [0.4, 0.5) is 4.79 Å². The second-order valence-electron chi connectivity index (χ2n) is 7.92. The van der Waals surface area contributed by atoms with Crippen molar-refractivity contribution in [2.24, 2.45) is 0 Å². The molecule has 1 spiro atoms. The van der Waals surface area contributed by atoms with Crippen molar-refractivity contribution in [2.45, 2.75) is 51.4 Å². The molecule has 2 fully saturated rings. The molecule has 1 atom stereocenters. The van der Waals surface area contributed by atoms with Crippen LogP contribution in [0.5, 0.6) is 5.88 Å². The average molecular weight is 374 g/mol. The zero-order valence-corrected chi connectivity index (χ0v) is 16.1. The van der Waals surface area contributed by atoms with Crippen LogP contribution in [-0.4, -0.2) is 65.2 Å². The van der Waals surface area contributed by atoms with E-state index in [9.17, 15) is 9.59 Å². The highest BCUT2D eigenvalue weighted by molar-refractivity contribution is 5.98. The molecule has 3 aliphatic rings. The fourth-order valence-corrected chi connectivity index (χ4v) is 4.27. The second kappa shape index (κ2) is 6.67. The van der Waals surface area contributed by atoms with Gasteiger partial charge >= 0.3 is 6.09 Å². The Morgan fingerprint density at radius 3 is 2.89 bits per heavy atom. The van der Waals surface area contributed by atoms with Crippen LogP contribution in [0.2, 0.25) is 0 Å². The molecule has 1 N–H and O–H groups in total. The van der Waals surface area contributed by atoms with Crippen molar-refractivity contribution in [2.75, 3.05) is 26.7 Å². The highest BCUT2D eigenvalue weighted by atomic mass is 16.6. The number of nitrogens with one attached hydrogen (secondary N) is 1. The normalized spacial score (nSPS) is 25.1. The summed E-state index contributed by atoms with van der Waals surface area (Å²) in [7, 11) is 1.61. The minimum absolute atomic E-state index is 0.0282. The first kappa shape index (κ1) is 18.0. The molecular weight excluding hydrogens is 348 g/mol. The van der Waals surface area contributed by atoms with Crippen LogP contribution in [0.1, 0.15) is 48.3 Å². The third kappa shape index (κ3) is 3.22. The highest BCUT2D eigenvalue weighted by Crippen LogP contribution is 2.32. The number of likely N-dealkylation sites (tertiary alicyclic amines) is 1. The number of carbonyl (C=O) groups is 2. The van der Waals surface area contributed by atoms with E-state index in [4.69, 9.17) is 9.47 Å². The molecule has 0 saturated carbocycles. The fraction of sp³-hybridized carbons (Fsp3) is 0.632. The lowest BCUT2D eigenvalue weighted by atomic mass is 9.92. The standard InChI is InChI=1S/C19H26N4O4/c1-12(2)23-9-15-14(17(23)24)7-13(16(21-15)26-3)8-22-6-4-5-19(11-22)10-20-18(25)27-19/h7,12H,4-6,8-11H2,1-3H3,(H,20,25). The van der Waals surface area contributed by atoms with Crippen molar-refractivity contribution < 1.29 is 19.1 Å². The first-order chi connectivity index (χ1) is 12.9. The number of nitrogens with zero attached hydrogens (tertiary/aromatic N) is 3. The molecule has 1 aromatic heterocycles. The number of methoxy groups -OCH3 is 1. The van der Waals surface area contributed by atoms with Gasteiger partial charge in [-0.25, -0.2) is 9.78 Å². The number of amides is 2. The number of alkyl carbamates (subject to hydrolysis) is 1. The number of hydrogen-bond donors (Lipinski definition) is 1. The fourth-order valence-electron chi connectivity index (χ4n) is 4.27. The summed E-state index contributed by atoms with van der Waals surface area (Å²) in [6, 6.07) is 2.05. The summed E-state index contributed by atoms with van der Waals surface area (Å²) in [6.07, 6.45) is 1.48. The average Bonchev–Trinajstić information content (AvgIpc) is 3.14. The van der Waals surface area contributed by atoms with Crippen LogP contribution < -0.4 is 10.1 Å². The molecule has 1 aromatic rings. The van der Waals surface area contributed by atoms with Gasteiger partial charge in [-0.05, 0) is 39.3 Å². The number of hydrogen-bond acceptors (Lipinski definition) is 6. The lowest BCUT2D eigenvalue weighted by Gasteiger charge is -2.38. The quantitative estimate of drug-likeness (QED) is 0.860. The lowest BCUT2D eigenvalue weighted by Crippen LogP contribution is -2.50. The Kier molecular flexibility index (Phi) is 4.46. The molecule has 0 aromatic carbocycles. The van der Waals surface area contributed by atoms with Gasteiger partial charge in [-0.2, -0.15) is 0 Å². The Morgan fingerprint density at radius 1 is 1.41 bits per heavy atom. The van der Waals surface area contributed by atoms with E-state index in [0.29, 0.717) is 37.6 Å². The van der Waals surface area contributed by atoms with Crippen molar-refractivity contribution in [3.63, 3.8) is 0 Å². The Morgan fingerprint density at radius 2 is 2.22 bits per heavy atom. The third-order valence-electron chi connectivity index (χ3n) is 5.65. The molecule has 0 radical (unpaired) electrons. The highest BCUT2D eigenvalue weighted by Gasteiger charge is 2.44. The van der Waals surface area contributed by atoms with E-state index in [1.165, 1.54) is 0 Å². The van der Waals surface area contributed by atoms with Crippen molar-refractivity contribution in [3.05, 3.63) is 22.9 Å². The molecule has 3 aliphatic heterocycles. The smallest absolute Gasteiger partial charge is 0.407 e. The monoisotopic (exact) mass is 374 g/mol. The van der Waals surface area contributed by atoms with E-state index in [2.05, 4.69) is 15.2 Å². The number of carbonyl (C=O) groups excluding carboxylic acids is 2. The molecule has 2 saturated heterocycles. The van der Waals surface area contributed by atoms with Gasteiger partial charge in [-0.1, -0.05) is 0 Å². The molecule has 8 heteroatoms. The van der Waals surface area contributed by atoms with Gasteiger partial charge in [0.25, 0.3) is 5.91 Å². The summed E-state index contributed by atoms with van der Waals surface area (Å²) < 4.78 is 11.1. The summed E-state index contributed by atoms with van der Waals surface area (Å²) in [6.45, 7) is 7.26. The Hall–Kier alpha value is -2.35. The summed E-state index contributed by atoms with van der Waals surface area (Å²) >= 11 is 0. The zero-order chi connectivity index (χ0) is 19.2. The number of ether oxygens (including phenoxy) is 2. The maximum Gasteiger partial charge on any atom is 0.407 e. The Bertz CT molecular complexity index is 781. The minimum atomic E-state index is -0.447. The first-order valence-corrected chi connectivity index (χ1v) is 9.48. The molecule has 4 rings (SSSR count). The van der Waals surface area contributed by atoms with Gasteiger partial charge in [0.1, 0.15) is 5.60 Å². The first-order valence-electron chi connectivity index (χ1n) is 9.48. The topological polar surface area (TPSA) is 84.0 Å². The predicted octanol–water partition coefficient (Wildman–Crippen LogP) is 1.53. The molecule has 27 heavy (non-hydrogen) atoms. The molecule has 1 unspecified atom stereocenters. The van der Waals surface area contributed by atoms with Crippen molar-refractivity contribution in [3.8, 4) is 5.88 Å². The summed E-state index contributed by atoms with van der Waals surface area (Å²) in [4.78, 5) is 32.9. The van der Waals surface area contributed by atoms with E-state index in [0.717, 1.165) is 30.6 Å². The molecular formula is C19H26N4O4. The molecule has 4 heterocycles. The molecule has 0 aliphatic carbocycles. The van der Waals surface area contributed by atoms with Gasteiger partial charge in [0.05, 0.1) is 31.5 Å². The summed E-state index contributed by atoms with van der Waals surface area (Å²) in [5.74, 6) is 0.591. The van der Waals surface area contributed by atoms with E-state index in [1.807, 2.05) is 24.8 Å². The number of pyridine rings is 1. The van der Waals surface area contributed by atoms with Crippen LogP contribution in [0.3, 0.4) is 0 Å². The number of fused-ring (bicyclic) bond motifs is 1. The van der Waals surface area contributed by atoms with Crippen molar-refractivity contribution in [1.29, 1.82) is 0 Å². The van der Waals surface area contributed by atoms with Crippen LogP contribution in [-0.2, 0) is 17.8 Å². The van der Waals surface area contributed by atoms with Crippen LogP contribution in [0, 0.1) is 0 Å². The second-order valence-corrected chi connectivity index (χ2v) is 7.92. The molecule has 146 valence electrons. The SMILES string of the molecule is COc1nc2c(cc1CN1CCCC3(CNC(=O)O3)C1)C(=O)N(C(C)C)C2. The van der Waals surface area contributed by atoms with E-state index >= 15 is 0 Å². The number of aromatic nitrogens is 1.